The van der Waals surface area contributed by atoms with Crippen LogP contribution in [0.2, 0.25) is 0 Å². The van der Waals surface area contributed by atoms with E-state index in [1.807, 2.05) is 62.4 Å². The molecule has 22 heavy (non-hydrogen) atoms. The number of hydrogen-bond acceptors (Lipinski definition) is 3. The number of fused-ring (bicyclic) bond motifs is 1. The number of aliphatic hydroxyl groups excluding tert-OH is 1. The van der Waals surface area contributed by atoms with Gasteiger partial charge >= 0.3 is 0 Å². The Morgan fingerprint density at radius 3 is 2.45 bits per heavy atom. The van der Waals surface area contributed by atoms with Crippen LogP contribution in [0.5, 0.6) is 5.75 Å². The summed E-state index contributed by atoms with van der Waals surface area (Å²) in [7, 11) is 0. The maximum Gasteiger partial charge on any atom is 0.131 e. The van der Waals surface area contributed by atoms with Gasteiger partial charge < -0.3 is 15.6 Å². The Kier molecular flexibility index (Phi) is 3.66. The first-order valence-electron chi connectivity index (χ1n) is 7.31. The third kappa shape index (κ3) is 2.71. The molecule has 0 spiro atoms. The molecule has 0 unspecified atom stereocenters. The second-order valence-electron chi connectivity index (χ2n) is 6.04. The van der Waals surface area contributed by atoms with Gasteiger partial charge in [0.1, 0.15) is 17.5 Å². The van der Waals surface area contributed by atoms with Crippen molar-refractivity contribution in [2.45, 2.75) is 31.6 Å². The molecule has 3 N–H and O–H groups in total. The van der Waals surface area contributed by atoms with Gasteiger partial charge in [0.2, 0.25) is 0 Å². The third-order valence-electron chi connectivity index (χ3n) is 3.92. The number of aliphatic hydroxyl groups is 1. The fraction of sp³-hybridized carbons (Fsp3) is 0.263. The van der Waals surface area contributed by atoms with Crippen LogP contribution in [-0.2, 0) is 0 Å². The van der Waals surface area contributed by atoms with E-state index in [1.165, 1.54) is 0 Å². The summed E-state index contributed by atoms with van der Waals surface area (Å²) in [6.45, 7) is 3.67. The Bertz CT molecular complexity index is 741. The zero-order valence-electron chi connectivity index (χ0n) is 12.7. The van der Waals surface area contributed by atoms with Crippen LogP contribution in [0.1, 0.15) is 36.6 Å². The number of ether oxygens (including phenoxy) is 1. The van der Waals surface area contributed by atoms with Gasteiger partial charge in [0, 0.05) is 16.7 Å². The first-order chi connectivity index (χ1) is 10.5. The Hall–Kier alpha value is -2.28. The normalized spacial score (nSPS) is 22.0. The van der Waals surface area contributed by atoms with Crippen molar-refractivity contribution in [3.8, 4) is 17.6 Å². The molecule has 0 radical (unpaired) electrons. The molecule has 0 aliphatic carbocycles. The standard InChI is InChI=1S/C19H19NO2/c1-19(2)18(21)17(20)15-12-14(10-11-16(15)22-19)9-8-13-6-4-3-5-7-13/h3-7,10-12,17-18,21H,20H2,1-2H3/t17-,18+/m0/s1. The predicted molar refractivity (Wildman–Crippen MR) is 86.5 cm³/mol. The third-order valence-corrected chi connectivity index (χ3v) is 3.92. The van der Waals surface area contributed by atoms with Gasteiger partial charge in [-0.2, -0.15) is 0 Å². The van der Waals surface area contributed by atoms with Gasteiger partial charge in [-0.25, -0.2) is 0 Å². The molecule has 112 valence electrons. The van der Waals surface area contributed by atoms with E-state index in [4.69, 9.17) is 10.5 Å². The number of benzene rings is 2. The lowest BCUT2D eigenvalue weighted by molar-refractivity contribution is -0.0571. The van der Waals surface area contributed by atoms with Gasteiger partial charge in [0.25, 0.3) is 0 Å². The Morgan fingerprint density at radius 1 is 1.05 bits per heavy atom. The largest absolute Gasteiger partial charge is 0.485 e. The molecule has 2 atom stereocenters. The Morgan fingerprint density at radius 2 is 1.73 bits per heavy atom. The Balaban J connectivity index is 1.94. The van der Waals surface area contributed by atoms with E-state index >= 15 is 0 Å². The van der Waals surface area contributed by atoms with Crippen molar-refractivity contribution in [3.63, 3.8) is 0 Å². The summed E-state index contributed by atoms with van der Waals surface area (Å²) in [6, 6.07) is 15.0. The first-order valence-corrected chi connectivity index (χ1v) is 7.31. The number of hydrogen-bond donors (Lipinski definition) is 2. The molecule has 1 aliphatic rings. The van der Waals surface area contributed by atoms with Crippen LogP contribution in [0.3, 0.4) is 0 Å². The molecule has 2 aromatic rings. The SMILES string of the molecule is CC1(C)Oc2ccc(C#Cc3ccccc3)cc2[C@H](N)[C@H]1O. The molecule has 0 fully saturated rings. The maximum atomic E-state index is 10.3. The maximum absolute atomic E-state index is 10.3. The highest BCUT2D eigenvalue weighted by atomic mass is 16.5. The van der Waals surface area contributed by atoms with E-state index in [-0.39, 0.29) is 0 Å². The van der Waals surface area contributed by atoms with Crippen LogP contribution in [0, 0.1) is 11.8 Å². The minimum absolute atomic E-state index is 0.475. The number of rotatable bonds is 0. The highest BCUT2D eigenvalue weighted by Gasteiger charge is 2.41. The molecule has 0 bridgehead atoms. The number of nitrogens with two attached hydrogens (primary N) is 1. The van der Waals surface area contributed by atoms with E-state index in [9.17, 15) is 5.11 Å². The van der Waals surface area contributed by atoms with Crippen LogP contribution in [-0.4, -0.2) is 16.8 Å². The van der Waals surface area contributed by atoms with Gasteiger partial charge in [-0.3, -0.25) is 0 Å². The van der Waals surface area contributed by atoms with Crippen molar-refractivity contribution >= 4 is 0 Å². The fourth-order valence-electron chi connectivity index (χ4n) is 2.59. The van der Waals surface area contributed by atoms with Gasteiger partial charge in [-0.1, -0.05) is 30.0 Å². The first kappa shape index (κ1) is 14.6. The van der Waals surface area contributed by atoms with Crippen molar-refractivity contribution in [2.75, 3.05) is 0 Å². The molecule has 1 heterocycles. The van der Waals surface area contributed by atoms with Crippen molar-refractivity contribution < 1.29 is 9.84 Å². The summed E-state index contributed by atoms with van der Waals surface area (Å²) in [5.74, 6) is 6.96. The molecule has 3 rings (SSSR count). The summed E-state index contributed by atoms with van der Waals surface area (Å²) in [5.41, 5.74) is 8.09. The second-order valence-corrected chi connectivity index (χ2v) is 6.04. The average Bonchev–Trinajstić information content (AvgIpc) is 2.52. The van der Waals surface area contributed by atoms with Gasteiger partial charge in [0.15, 0.2) is 0 Å². The molecule has 0 saturated carbocycles. The van der Waals surface area contributed by atoms with E-state index in [1.54, 1.807) is 0 Å². The molecule has 0 amide bonds. The molecule has 3 heteroatoms. The lowest BCUT2D eigenvalue weighted by Gasteiger charge is -2.40. The van der Waals surface area contributed by atoms with Crippen LogP contribution in [0.25, 0.3) is 0 Å². The minimum atomic E-state index is -0.752. The van der Waals surface area contributed by atoms with E-state index in [0.717, 1.165) is 16.7 Å². The van der Waals surface area contributed by atoms with Crippen LogP contribution in [0.15, 0.2) is 48.5 Å². The average molecular weight is 293 g/mol. The van der Waals surface area contributed by atoms with Crippen LogP contribution >= 0.6 is 0 Å². The summed E-state index contributed by atoms with van der Waals surface area (Å²) >= 11 is 0. The van der Waals surface area contributed by atoms with Gasteiger partial charge in [-0.15, -0.1) is 0 Å². The minimum Gasteiger partial charge on any atom is -0.485 e. The zero-order chi connectivity index (χ0) is 15.7. The Labute approximate surface area is 130 Å². The fourth-order valence-corrected chi connectivity index (χ4v) is 2.59. The van der Waals surface area contributed by atoms with E-state index in [2.05, 4.69) is 11.8 Å². The van der Waals surface area contributed by atoms with E-state index < -0.39 is 17.7 Å². The van der Waals surface area contributed by atoms with Crippen molar-refractivity contribution in [3.05, 3.63) is 65.2 Å². The van der Waals surface area contributed by atoms with Gasteiger partial charge in [0.05, 0.1) is 6.04 Å². The zero-order valence-corrected chi connectivity index (χ0v) is 12.7. The summed E-state index contributed by atoms with van der Waals surface area (Å²) < 4.78 is 5.84. The molecule has 2 aromatic carbocycles. The molecule has 0 saturated heterocycles. The predicted octanol–water partition coefficient (Wildman–Crippen LogP) is 2.62. The van der Waals surface area contributed by atoms with Crippen LogP contribution in [0.4, 0.5) is 0 Å². The van der Waals surface area contributed by atoms with E-state index in [0.29, 0.717) is 5.75 Å². The highest BCUT2D eigenvalue weighted by Crippen LogP contribution is 2.38. The molecule has 3 nitrogen and oxygen atoms in total. The molecular weight excluding hydrogens is 274 g/mol. The lowest BCUT2D eigenvalue weighted by atomic mass is 9.86. The van der Waals surface area contributed by atoms with Gasteiger partial charge in [-0.05, 0) is 44.2 Å². The van der Waals surface area contributed by atoms with Crippen molar-refractivity contribution in [1.82, 2.24) is 0 Å². The molecular formula is C19H19NO2. The smallest absolute Gasteiger partial charge is 0.131 e. The summed E-state index contributed by atoms with van der Waals surface area (Å²) in [5, 5.41) is 10.3. The quantitative estimate of drug-likeness (QED) is 0.734. The lowest BCUT2D eigenvalue weighted by Crippen LogP contribution is -2.51. The topological polar surface area (TPSA) is 55.5 Å². The second kappa shape index (κ2) is 5.49. The van der Waals surface area contributed by atoms with Crippen molar-refractivity contribution in [2.24, 2.45) is 5.73 Å². The van der Waals surface area contributed by atoms with Crippen LogP contribution < -0.4 is 10.5 Å². The molecule has 0 aromatic heterocycles. The highest BCUT2D eigenvalue weighted by molar-refractivity contribution is 5.49. The molecule has 1 aliphatic heterocycles. The van der Waals surface area contributed by atoms with Crippen molar-refractivity contribution in [1.29, 1.82) is 0 Å². The monoisotopic (exact) mass is 293 g/mol. The summed E-state index contributed by atoms with van der Waals surface area (Å²) in [6.07, 6.45) is -0.752. The summed E-state index contributed by atoms with van der Waals surface area (Å²) in [4.78, 5) is 0.